The molecule has 1 aliphatic carbocycles. The molecule has 0 saturated carbocycles. The van der Waals surface area contributed by atoms with Crippen LogP contribution >= 0.6 is 0 Å². The minimum atomic E-state index is -0.189. The Kier molecular flexibility index (Phi) is 3.22. The summed E-state index contributed by atoms with van der Waals surface area (Å²) in [6.07, 6.45) is 3.72. The smallest absolute Gasteiger partial charge is 0.197 e. The van der Waals surface area contributed by atoms with E-state index in [4.69, 9.17) is 0 Å². The van der Waals surface area contributed by atoms with Gasteiger partial charge in [0.05, 0.1) is 5.57 Å². The topological polar surface area (TPSA) is 39.1 Å². The number of nitrogens with zero attached hydrogens (tertiary/aromatic N) is 1. The first-order valence-electron chi connectivity index (χ1n) is 8.92. The summed E-state index contributed by atoms with van der Waals surface area (Å²) in [7, 11) is 1.97. The average Bonchev–Trinajstić information content (AvgIpc) is 3.09. The maximum absolute atomic E-state index is 13.0. The van der Waals surface area contributed by atoms with E-state index in [0.717, 1.165) is 32.8 Å². The lowest BCUT2D eigenvalue weighted by atomic mass is 10.0. The van der Waals surface area contributed by atoms with Crippen LogP contribution in [-0.2, 0) is 7.05 Å². The van der Waals surface area contributed by atoms with E-state index >= 15 is 0 Å². The number of rotatable bonds is 1. The molecule has 0 N–H and O–H groups in total. The van der Waals surface area contributed by atoms with Crippen LogP contribution in [0.3, 0.4) is 0 Å². The van der Waals surface area contributed by atoms with Gasteiger partial charge in [0.1, 0.15) is 0 Å². The van der Waals surface area contributed by atoms with E-state index < -0.39 is 0 Å². The normalized spacial score (nSPS) is 13.6. The summed E-state index contributed by atoms with van der Waals surface area (Å²) >= 11 is 0. The monoisotopic (exact) mass is 351 g/mol. The molecule has 5 rings (SSSR count). The van der Waals surface area contributed by atoms with Crippen molar-refractivity contribution in [2.45, 2.75) is 6.92 Å². The van der Waals surface area contributed by atoms with Gasteiger partial charge in [0, 0.05) is 40.8 Å². The molecule has 3 nitrogen and oxygen atoms in total. The third-order valence-electron chi connectivity index (χ3n) is 5.34. The molecule has 1 aromatic heterocycles. The molecule has 0 spiro atoms. The second kappa shape index (κ2) is 5.52. The lowest BCUT2D eigenvalue weighted by Crippen LogP contribution is -2.00. The van der Waals surface area contributed by atoms with Crippen molar-refractivity contribution in [3.8, 4) is 0 Å². The predicted octanol–water partition coefficient (Wildman–Crippen LogP) is 5.10. The molecule has 27 heavy (non-hydrogen) atoms. The zero-order valence-corrected chi connectivity index (χ0v) is 15.1. The Morgan fingerprint density at radius 3 is 2.11 bits per heavy atom. The van der Waals surface area contributed by atoms with Crippen molar-refractivity contribution in [3.63, 3.8) is 0 Å². The van der Waals surface area contributed by atoms with E-state index in [1.807, 2.05) is 61.1 Å². The maximum Gasteiger partial charge on any atom is 0.197 e. The Labute approximate surface area is 156 Å². The van der Waals surface area contributed by atoms with E-state index in [1.54, 1.807) is 6.08 Å². The standard InChI is InChI=1S/C24H17NO2/c1-14-7-8-22-18(9-14)17(13-25(22)2)12-21-23(26)19-10-15-5-3-4-6-16(15)11-20(19)24(21)27/h3-13H,1-2H3. The lowest BCUT2D eigenvalue weighted by molar-refractivity contribution is 0.0990. The van der Waals surface area contributed by atoms with Crippen molar-refractivity contribution < 1.29 is 9.59 Å². The number of ketones is 2. The SMILES string of the molecule is Cc1ccc2c(c1)c(C=C1C(=O)c3cc4ccccc4cc3C1=O)cn2C. The number of aryl methyl sites for hydroxylation is 2. The van der Waals surface area contributed by atoms with E-state index in [0.29, 0.717) is 11.1 Å². The number of aromatic nitrogens is 1. The first-order chi connectivity index (χ1) is 13.0. The summed E-state index contributed by atoms with van der Waals surface area (Å²) in [6.45, 7) is 2.04. The van der Waals surface area contributed by atoms with Gasteiger partial charge in [0.25, 0.3) is 0 Å². The molecule has 1 heterocycles. The zero-order chi connectivity index (χ0) is 18.7. The molecule has 0 atom stereocenters. The number of allylic oxidation sites excluding steroid dienone is 1. The van der Waals surface area contributed by atoms with Crippen LogP contribution in [0.15, 0.2) is 66.4 Å². The fraction of sp³-hybridized carbons (Fsp3) is 0.0833. The second-order valence-electron chi connectivity index (χ2n) is 7.18. The van der Waals surface area contributed by atoms with Gasteiger partial charge in [-0.1, -0.05) is 35.9 Å². The average molecular weight is 351 g/mol. The number of carbonyl (C=O) groups is 2. The molecule has 4 aromatic rings. The Bertz CT molecular complexity index is 1260. The fourth-order valence-corrected chi connectivity index (χ4v) is 3.95. The molecule has 0 saturated heterocycles. The van der Waals surface area contributed by atoms with Gasteiger partial charge in [-0.15, -0.1) is 0 Å². The van der Waals surface area contributed by atoms with E-state index in [2.05, 4.69) is 18.2 Å². The Balaban J connectivity index is 1.70. The number of hydrogen-bond donors (Lipinski definition) is 0. The Morgan fingerprint density at radius 1 is 0.852 bits per heavy atom. The van der Waals surface area contributed by atoms with Crippen LogP contribution in [0.25, 0.3) is 27.8 Å². The van der Waals surface area contributed by atoms with Crippen molar-refractivity contribution in [2.75, 3.05) is 0 Å². The van der Waals surface area contributed by atoms with Gasteiger partial charge < -0.3 is 4.57 Å². The predicted molar refractivity (Wildman–Crippen MR) is 108 cm³/mol. The minimum Gasteiger partial charge on any atom is -0.350 e. The van der Waals surface area contributed by atoms with Crippen molar-refractivity contribution >= 4 is 39.3 Å². The first kappa shape index (κ1) is 15.8. The van der Waals surface area contributed by atoms with Crippen LogP contribution in [0, 0.1) is 6.92 Å². The van der Waals surface area contributed by atoms with Crippen LogP contribution in [0.5, 0.6) is 0 Å². The molecule has 0 aliphatic heterocycles. The highest BCUT2D eigenvalue weighted by Gasteiger charge is 2.33. The van der Waals surface area contributed by atoms with Gasteiger partial charge in [-0.25, -0.2) is 0 Å². The lowest BCUT2D eigenvalue weighted by Gasteiger charge is -2.00. The van der Waals surface area contributed by atoms with Crippen molar-refractivity contribution in [1.82, 2.24) is 4.57 Å². The third kappa shape index (κ3) is 2.28. The molecule has 0 unspecified atom stereocenters. The largest absolute Gasteiger partial charge is 0.350 e. The van der Waals surface area contributed by atoms with Crippen LogP contribution in [0.1, 0.15) is 31.8 Å². The Morgan fingerprint density at radius 2 is 1.48 bits per heavy atom. The van der Waals surface area contributed by atoms with Crippen molar-refractivity contribution in [3.05, 3.63) is 88.6 Å². The van der Waals surface area contributed by atoms with Gasteiger partial charge in [0.2, 0.25) is 0 Å². The molecular formula is C24H17NO2. The number of benzene rings is 3. The third-order valence-corrected chi connectivity index (χ3v) is 5.34. The summed E-state index contributed by atoms with van der Waals surface area (Å²) in [6, 6.07) is 17.7. The van der Waals surface area contributed by atoms with Crippen LogP contribution in [-0.4, -0.2) is 16.1 Å². The van der Waals surface area contributed by atoms with E-state index in [1.165, 1.54) is 0 Å². The molecule has 3 aromatic carbocycles. The second-order valence-corrected chi connectivity index (χ2v) is 7.18. The molecule has 0 fully saturated rings. The molecule has 0 amide bonds. The highest BCUT2D eigenvalue weighted by atomic mass is 16.2. The minimum absolute atomic E-state index is 0.189. The van der Waals surface area contributed by atoms with Crippen molar-refractivity contribution in [2.24, 2.45) is 7.05 Å². The van der Waals surface area contributed by atoms with Crippen LogP contribution < -0.4 is 0 Å². The Hall–Kier alpha value is -3.46. The summed E-state index contributed by atoms with van der Waals surface area (Å²) in [5, 5.41) is 2.99. The van der Waals surface area contributed by atoms with Gasteiger partial charge in [0.15, 0.2) is 11.6 Å². The number of carbonyl (C=O) groups excluding carboxylic acids is 2. The van der Waals surface area contributed by atoms with Crippen molar-refractivity contribution in [1.29, 1.82) is 0 Å². The summed E-state index contributed by atoms with van der Waals surface area (Å²) < 4.78 is 2.02. The zero-order valence-electron chi connectivity index (χ0n) is 15.1. The molecule has 130 valence electrons. The summed E-state index contributed by atoms with van der Waals surface area (Å²) in [5.41, 5.74) is 4.36. The van der Waals surface area contributed by atoms with Gasteiger partial charge in [-0.2, -0.15) is 0 Å². The summed E-state index contributed by atoms with van der Waals surface area (Å²) in [4.78, 5) is 25.9. The highest BCUT2D eigenvalue weighted by molar-refractivity contribution is 6.42. The fourth-order valence-electron chi connectivity index (χ4n) is 3.95. The van der Waals surface area contributed by atoms with Gasteiger partial charge in [-0.3, -0.25) is 9.59 Å². The quantitative estimate of drug-likeness (QED) is 0.353. The van der Waals surface area contributed by atoms with Gasteiger partial charge in [-0.05, 0) is 48.0 Å². The molecular weight excluding hydrogens is 334 g/mol. The number of Topliss-reactive ketones (excluding diaryl/α,β-unsaturated/α-hetero) is 2. The molecule has 3 heteroatoms. The van der Waals surface area contributed by atoms with Crippen LogP contribution in [0.4, 0.5) is 0 Å². The van der Waals surface area contributed by atoms with Gasteiger partial charge >= 0.3 is 0 Å². The van der Waals surface area contributed by atoms with E-state index in [9.17, 15) is 9.59 Å². The molecule has 1 aliphatic rings. The molecule has 0 bridgehead atoms. The summed E-state index contributed by atoms with van der Waals surface area (Å²) in [5.74, 6) is -0.379. The van der Waals surface area contributed by atoms with E-state index in [-0.39, 0.29) is 17.1 Å². The first-order valence-corrected chi connectivity index (χ1v) is 8.92. The highest BCUT2D eigenvalue weighted by Crippen LogP contribution is 2.33. The van der Waals surface area contributed by atoms with Crippen LogP contribution in [0.2, 0.25) is 0 Å². The maximum atomic E-state index is 13.0. The molecule has 0 radical (unpaired) electrons. The number of fused-ring (bicyclic) bond motifs is 3. The number of hydrogen-bond acceptors (Lipinski definition) is 2.